The van der Waals surface area contributed by atoms with Crippen LogP contribution in [0.1, 0.15) is 35.6 Å². The molecule has 2 aliphatic heterocycles. The van der Waals surface area contributed by atoms with Gasteiger partial charge in [0.2, 0.25) is 11.5 Å². The van der Waals surface area contributed by atoms with Crippen LogP contribution in [0.25, 0.3) is 5.70 Å². The van der Waals surface area contributed by atoms with Crippen molar-refractivity contribution in [1.82, 2.24) is 10.4 Å². The van der Waals surface area contributed by atoms with Gasteiger partial charge in [-0.2, -0.15) is 26.3 Å². The molecule has 4 rings (SSSR count). The Morgan fingerprint density at radius 2 is 1.67 bits per heavy atom. The molecule has 2 heterocycles. The number of halogens is 9. The van der Waals surface area contributed by atoms with Crippen molar-refractivity contribution in [1.29, 1.82) is 0 Å². The second-order valence-electron chi connectivity index (χ2n) is 8.46. The summed E-state index contributed by atoms with van der Waals surface area (Å²) in [6, 6.07) is 6.29. The van der Waals surface area contributed by atoms with Crippen molar-refractivity contribution in [2.45, 2.75) is 37.0 Å². The standard InChI is InChI=1S/C23H17Cl2F7N2O2/c1-2-18(35)34-10-20(26,11-34)13-5-3-12(4-6-13)17-9-21(36-33-17,23(30,31)32)14-7-15(22(27,28)29)19(25)16(24)8-14/h3-9,33H,2,10-11H2,1H3. The molecule has 0 spiro atoms. The molecule has 2 aromatic carbocycles. The number of nitrogens with one attached hydrogen (secondary N) is 1. The van der Waals surface area contributed by atoms with Crippen LogP contribution in [0.2, 0.25) is 10.0 Å². The van der Waals surface area contributed by atoms with E-state index in [1.54, 1.807) is 6.92 Å². The Balaban J connectivity index is 1.68. The zero-order valence-electron chi connectivity index (χ0n) is 18.3. The molecule has 0 radical (unpaired) electrons. The maximum absolute atomic E-state index is 15.1. The van der Waals surface area contributed by atoms with E-state index in [4.69, 9.17) is 28.0 Å². The maximum atomic E-state index is 15.1. The van der Waals surface area contributed by atoms with Gasteiger partial charge in [0.05, 0.1) is 34.4 Å². The third-order valence-electron chi connectivity index (χ3n) is 6.10. The minimum atomic E-state index is -5.20. The van der Waals surface area contributed by atoms with E-state index >= 15 is 4.39 Å². The van der Waals surface area contributed by atoms with E-state index in [0.29, 0.717) is 12.1 Å². The highest BCUT2D eigenvalue weighted by molar-refractivity contribution is 6.42. The number of carbonyl (C=O) groups is 1. The van der Waals surface area contributed by atoms with Gasteiger partial charge in [-0.05, 0) is 29.3 Å². The summed E-state index contributed by atoms with van der Waals surface area (Å²) >= 11 is 11.3. The van der Waals surface area contributed by atoms with Gasteiger partial charge in [0.1, 0.15) is 0 Å². The molecule has 2 aromatic rings. The summed E-state index contributed by atoms with van der Waals surface area (Å²) < 4.78 is 97.8. The van der Waals surface area contributed by atoms with Crippen molar-refractivity contribution in [2.24, 2.45) is 0 Å². The van der Waals surface area contributed by atoms with Crippen molar-refractivity contribution in [3.8, 4) is 0 Å². The van der Waals surface area contributed by atoms with Gasteiger partial charge < -0.3 is 4.90 Å². The number of benzene rings is 2. The number of rotatable bonds is 4. The first-order valence-electron chi connectivity index (χ1n) is 10.5. The highest BCUT2D eigenvalue weighted by atomic mass is 35.5. The van der Waals surface area contributed by atoms with Crippen molar-refractivity contribution >= 4 is 34.8 Å². The van der Waals surface area contributed by atoms with Crippen molar-refractivity contribution in [3.05, 3.63) is 74.8 Å². The molecule has 0 aliphatic carbocycles. The highest BCUT2D eigenvalue weighted by Crippen LogP contribution is 2.50. The van der Waals surface area contributed by atoms with E-state index in [1.807, 2.05) is 0 Å². The molecule has 0 bridgehead atoms. The van der Waals surface area contributed by atoms with Crippen LogP contribution in [-0.2, 0) is 27.1 Å². The molecule has 1 unspecified atom stereocenters. The molecule has 194 valence electrons. The van der Waals surface area contributed by atoms with Gasteiger partial charge in [0, 0.05) is 12.0 Å². The van der Waals surface area contributed by atoms with Crippen LogP contribution in [0.5, 0.6) is 0 Å². The first-order chi connectivity index (χ1) is 16.6. The summed E-state index contributed by atoms with van der Waals surface area (Å²) in [7, 11) is 0. The van der Waals surface area contributed by atoms with Crippen molar-refractivity contribution in [3.63, 3.8) is 0 Å². The van der Waals surface area contributed by atoms with E-state index in [1.165, 1.54) is 29.2 Å². The van der Waals surface area contributed by atoms with Gasteiger partial charge >= 0.3 is 12.4 Å². The molecule has 2 aliphatic rings. The molecule has 0 aromatic heterocycles. The minimum Gasteiger partial charge on any atom is -0.335 e. The molecule has 1 atom stereocenters. The summed E-state index contributed by atoms with van der Waals surface area (Å²) in [5, 5.41) is -1.67. The molecular weight excluding hydrogens is 540 g/mol. The van der Waals surface area contributed by atoms with E-state index < -0.39 is 44.8 Å². The summed E-state index contributed by atoms with van der Waals surface area (Å²) in [6.07, 6.45) is -9.46. The third kappa shape index (κ3) is 4.41. The monoisotopic (exact) mass is 556 g/mol. The highest BCUT2D eigenvalue weighted by Gasteiger charge is 2.60. The quantitative estimate of drug-likeness (QED) is 0.423. The van der Waals surface area contributed by atoms with Crippen LogP contribution in [0.15, 0.2) is 42.5 Å². The Morgan fingerprint density at radius 1 is 1.06 bits per heavy atom. The SMILES string of the molecule is CCC(=O)N1CC(F)(c2ccc(C3=CC(c4cc(Cl)c(Cl)c(C(F)(F)F)c4)(C(F)(F)F)ON3)cc2)C1. The Morgan fingerprint density at radius 3 is 2.19 bits per heavy atom. The van der Waals surface area contributed by atoms with Crippen molar-refractivity contribution < 1.29 is 40.4 Å². The Kier molecular flexibility index (Phi) is 6.50. The lowest BCUT2D eigenvalue weighted by molar-refractivity contribution is -0.269. The molecule has 4 nitrogen and oxygen atoms in total. The normalized spacial score (nSPS) is 21.6. The summed E-state index contributed by atoms with van der Waals surface area (Å²) in [5.74, 6) is -0.197. The molecule has 1 saturated heterocycles. The molecule has 1 fully saturated rings. The molecule has 36 heavy (non-hydrogen) atoms. The maximum Gasteiger partial charge on any atom is 0.428 e. The first kappa shape index (κ1) is 26.6. The van der Waals surface area contributed by atoms with Crippen LogP contribution in [0, 0.1) is 0 Å². The number of nitrogens with zero attached hydrogens (tertiary/aromatic N) is 1. The van der Waals surface area contributed by atoms with Crippen LogP contribution in [0.3, 0.4) is 0 Å². The molecule has 13 heteroatoms. The predicted molar refractivity (Wildman–Crippen MR) is 117 cm³/mol. The largest absolute Gasteiger partial charge is 0.428 e. The number of carbonyl (C=O) groups excluding carboxylic acids is 1. The summed E-state index contributed by atoms with van der Waals surface area (Å²) in [4.78, 5) is 17.9. The smallest absolute Gasteiger partial charge is 0.335 e. The Bertz CT molecular complexity index is 1220. The van der Waals surface area contributed by atoms with Gasteiger partial charge in [0.15, 0.2) is 5.67 Å². The number of hydroxylamine groups is 1. The summed E-state index contributed by atoms with van der Waals surface area (Å²) in [6.45, 7) is 1.38. The number of hydrogen-bond donors (Lipinski definition) is 1. The fraction of sp³-hybridized carbons (Fsp3) is 0.348. The Hall–Kier alpha value is -2.50. The van der Waals surface area contributed by atoms with Crippen LogP contribution in [-0.4, -0.2) is 30.1 Å². The molecule has 0 saturated carbocycles. The van der Waals surface area contributed by atoms with Gasteiger partial charge in [-0.1, -0.05) is 54.4 Å². The Labute approximate surface area is 210 Å². The third-order valence-corrected chi connectivity index (χ3v) is 6.91. The minimum absolute atomic E-state index is 0.140. The van der Waals surface area contributed by atoms with E-state index in [9.17, 15) is 31.1 Å². The first-order valence-corrected chi connectivity index (χ1v) is 11.2. The molecule has 1 N–H and O–H groups in total. The van der Waals surface area contributed by atoms with Crippen LogP contribution >= 0.6 is 23.2 Å². The van der Waals surface area contributed by atoms with Gasteiger partial charge in [-0.15, -0.1) is 0 Å². The fourth-order valence-electron chi connectivity index (χ4n) is 4.09. The van der Waals surface area contributed by atoms with Gasteiger partial charge in [0.25, 0.3) is 0 Å². The van der Waals surface area contributed by atoms with Gasteiger partial charge in [-0.3, -0.25) is 15.1 Å². The zero-order valence-corrected chi connectivity index (χ0v) is 19.8. The van der Waals surface area contributed by atoms with Crippen LogP contribution < -0.4 is 5.48 Å². The topological polar surface area (TPSA) is 41.6 Å². The number of alkyl halides is 7. The second-order valence-corrected chi connectivity index (χ2v) is 9.24. The van der Waals surface area contributed by atoms with E-state index in [-0.39, 0.29) is 48.3 Å². The predicted octanol–water partition coefficient (Wildman–Crippen LogP) is 6.76. The van der Waals surface area contributed by atoms with Crippen LogP contribution in [0.4, 0.5) is 30.7 Å². The van der Waals surface area contributed by atoms with Crippen molar-refractivity contribution in [2.75, 3.05) is 13.1 Å². The average molecular weight is 557 g/mol. The second kappa shape index (κ2) is 8.81. The average Bonchev–Trinajstić information content (AvgIpc) is 3.24. The lowest BCUT2D eigenvalue weighted by Gasteiger charge is -2.44. The molecule has 1 amide bonds. The lowest BCUT2D eigenvalue weighted by Crippen LogP contribution is -2.58. The molecular formula is C23H17Cl2F7N2O2. The zero-order chi connectivity index (χ0) is 26.7. The summed E-state index contributed by atoms with van der Waals surface area (Å²) in [5.41, 5.74) is -5.29. The number of hydrogen-bond acceptors (Lipinski definition) is 3. The van der Waals surface area contributed by atoms with E-state index in [0.717, 1.165) is 0 Å². The number of likely N-dealkylation sites (tertiary alicyclic amines) is 1. The van der Waals surface area contributed by atoms with E-state index in [2.05, 4.69) is 5.48 Å². The number of amides is 1. The van der Waals surface area contributed by atoms with Gasteiger partial charge in [-0.25, -0.2) is 4.39 Å². The lowest BCUT2D eigenvalue weighted by atomic mass is 9.86. The fourth-order valence-corrected chi connectivity index (χ4v) is 4.52.